The van der Waals surface area contributed by atoms with E-state index in [-0.39, 0.29) is 5.41 Å². The van der Waals surface area contributed by atoms with E-state index in [4.69, 9.17) is 0 Å². The van der Waals surface area contributed by atoms with Crippen molar-refractivity contribution in [2.75, 3.05) is 7.05 Å². The molecule has 0 saturated heterocycles. The van der Waals surface area contributed by atoms with Crippen LogP contribution in [-0.2, 0) is 11.8 Å². The largest absolute Gasteiger partial charge is 0.217 e. The van der Waals surface area contributed by atoms with E-state index in [1.165, 1.54) is 69.8 Å². The highest BCUT2D eigenvalue weighted by atomic mass is 15.0. The number of benzene rings is 4. The van der Waals surface area contributed by atoms with Gasteiger partial charge < -0.3 is 0 Å². The molecule has 2 aliphatic rings. The minimum Gasteiger partial charge on any atom is -0.197 e. The van der Waals surface area contributed by atoms with E-state index in [2.05, 4.69) is 110 Å². The summed E-state index contributed by atoms with van der Waals surface area (Å²) in [6.07, 6.45) is 11.4. The van der Waals surface area contributed by atoms with Crippen LogP contribution >= 0.6 is 0 Å². The fourth-order valence-electron chi connectivity index (χ4n) is 6.31. The first kappa shape index (κ1) is 20.4. The molecule has 1 heterocycles. The number of nitrogens with zero attached hydrogens (tertiary/aromatic N) is 1. The Kier molecular flexibility index (Phi) is 4.94. The van der Waals surface area contributed by atoms with E-state index in [0.717, 1.165) is 12.3 Å². The first-order valence-corrected chi connectivity index (χ1v) is 12.4. The van der Waals surface area contributed by atoms with Crippen LogP contribution in [0.5, 0.6) is 0 Å². The monoisotopic (exact) mass is 430 g/mol. The summed E-state index contributed by atoms with van der Waals surface area (Å²) < 4.78 is 2.48. The molecule has 1 unspecified atom stereocenters. The SMILES string of the molecule is C[N+]1=C(C=CC2CCCC2)C(C)(Cc2ccc3ccccc3c2)c2ccc3ccccc3c21. The summed E-state index contributed by atoms with van der Waals surface area (Å²) in [6.45, 7) is 2.45. The quantitative estimate of drug-likeness (QED) is 0.289. The Balaban J connectivity index is 1.50. The number of fused-ring (bicyclic) bond motifs is 4. The molecule has 1 atom stereocenters. The van der Waals surface area contributed by atoms with Crippen LogP contribution in [0.2, 0.25) is 0 Å². The Morgan fingerprint density at radius 2 is 1.55 bits per heavy atom. The molecular formula is C32H32N+. The van der Waals surface area contributed by atoms with E-state index in [1.807, 2.05) is 0 Å². The summed E-state index contributed by atoms with van der Waals surface area (Å²) >= 11 is 0. The lowest BCUT2D eigenvalue weighted by Crippen LogP contribution is -2.33. The Bertz CT molecular complexity index is 1420. The van der Waals surface area contributed by atoms with E-state index in [9.17, 15) is 0 Å². The van der Waals surface area contributed by atoms with Gasteiger partial charge in [0.05, 0.1) is 10.8 Å². The van der Waals surface area contributed by atoms with Gasteiger partial charge in [0.2, 0.25) is 5.69 Å². The highest BCUT2D eigenvalue weighted by Crippen LogP contribution is 2.45. The summed E-state index contributed by atoms with van der Waals surface area (Å²) in [5, 5.41) is 5.31. The molecule has 4 aromatic carbocycles. The Hall–Kier alpha value is -3.19. The van der Waals surface area contributed by atoms with Gasteiger partial charge in [-0.05, 0) is 59.9 Å². The standard InChI is InChI=1S/C32H32N/c1-32(22-24-15-17-25-11-5-6-13-27(25)21-24)29-19-18-26-12-7-8-14-28(26)31(29)33(2)30(32)20-16-23-9-3-4-10-23/h5-8,11-21,23H,3-4,9-10,22H2,1-2H3/q+1. The number of hydrogen-bond donors (Lipinski definition) is 0. The molecule has 0 radical (unpaired) electrons. The minimum atomic E-state index is -0.0638. The Labute approximate surface area is 197 Å². The second-order valence-corrected chi connectivity index (χ2v) is 10.2. The van der Waals surface area contributed by atoms with Crippen molar-refractivity contribution in [1.29, 1.82) is 0 Å². The van der Waals surface area contributed by atoms with Gasteiger partial charge in [-0.2, -0.15) is 4.58 Å². The number of allylic oxidation sites excluding steroid dienone is 2. The second-order valence-electron chi connectivity index (χ2n) is 10.2. The van der Waals surface area contributed by atoms with E-state index in [0.29, 0.717) is 0 Å². The van der Waals surface area contributed by atoms with Gasteiger partial charge in [-0.1, -0.05) is 91.7 Å². The molecule has 1 heteroatoms. The Morgan fingerprint density at radius 3 is 2.36 bits per heavy atom. The predicted molar refractivity (Wildman–Crippen MR) is 141 cm³/mol. The third-order valence-electron chi connectivity index (χ3n) is 8.05. The van der Waals surface area contributed by atoms with Gasteiger partial charge in [0.1, 0.15) is 7.05 Å². The van der Waals surface area contributed by atoms with Crippen LogP contribution < -0.4 is 0 Å². The highest BCUT2D eigenvalue weighted by molar-refractivity contribution is 6.07. The molecular weight excluding hydrogens is 398 g/mol. The van der Waals surface area contributed by atoms with Crippen molar-refractivity contribution in [2.24, 2.45) is 5.92 Å². The van der Waals surface area contributed by atoms with Crippen molar-refractivity contribution in [3.8, 4) is 0 Å². The molecule has 1 aliphatic heterocycles. The van der Waals surface area contributed by atoms with Crippen LogP contribution in [-0.4, -0.2) is 17.3 Å². The van der Waals surface area contributed by atoms with Crippen LogP contribution in [0.1, 0.15) is 43.7 Å². The highest BCUT2D eigenvalue weighted by Gasteiger charge is 2.47. The molecule has 1 aliphatic carbocycles. The average Bonchev–Trinajstić information content (AvgIpc) is 3.43. The second kappa shape index (κ2) is 7.99. The zero-order valence-electron chi connectivity index (χ0n) is 19.7. The van der Waals surface area contributed by atoms with Crippen LogP contribution in [0, 0.1) is 5.92 Å². The first-order chi connectivity index (χ1) is 16.1. The molecule has 0 aromatic heterocycles. The van der Waals surface area contributed by atoms with Crippen molar-refractivity contribution in [3.63, 3.8) is 0 Å². The fraction of sp³-hybridized carbons (Fsp3) is 0.281. The van der Waals surface area contributed by atoms with Crippen LogP contribution in [0.3, 0.4) is 0 Å². The minimum absolute atomic E-state index is 0.0638. The average molecular weight is 431 g/mol. The molecule has 1 saturated carbocycles. The van der Waals surface area contributed by atoms with E-state index < -0.39 is 0 Å². The molecule has 4 aromatic rings. The third-order valence-corrected chi connectivity index (χ3v) is 8.05. The van der Waals surface area contributed by atoms with Gasteiger partial charge in [-0.15, -0.1) is 0 Å². The lowest BCUT2D eigenvalue weighted by Gasteiger charge is -2.23. The lowest BCUT2D eigenvalue weighted by molar-refractivity contribution is -0.399. The van der Waals surface area contributed by atoms with Crippen molar-refractivity contribution < 1.29 is 4.58 Å². The molecule has 0 spiro atoms. The van der Waals surface area contributed by atoms with Crippen molar-refractivity contribution in [2.45, 2.75) is 44.4 Å². The zero-order valence-corrected chi connectivity index (χ0v) is 19.7. The van der Waals surface area contributed by atoms with Crippen LogP contribution in [0.25, 0.3) is 21.5 Å². The maximum Gasteiger partial charge on any atom is 0.217 e. The molecule has 0 N–H and O–H groups in total. The van der Waals surface area contributed by atoms with Crippen LogP contribution in [0.15, 0.2) is 91.0 Å². The van der Waals surface area contributed by atoms with Gasteiger partial charge in [0, 0.05) is 11.6 Å². The number of hydrogen-bond acceptors (Lipinski definition) is 0. The Morgan fingerprint density at radius 1 is 0.848 bits per heavy atom. The normalized spacial score (nSPS) is 21.0. The fourth-order valence-corrected chi connectivity index (χ4v) is 6.31. The lowest BCUT2D eigenvalue weighted by atomic mass is 9.74. The molecule has 1 nitrogen and oxygen atoms in total. The summed E-state index contributed by atoms with van der Waals surface area (Å²) in [7, 11) is 2.27. The third kappa shape index (κ3) is 3.42. The first-order valence-electron chi connectivity index (χ1n) is 12.4. The van der Waals surface area contributed by atoms with Crippen molar-refractivity contribution >= 4 is 32.9 Å². The summed E-state index contributed by atoms with van der Waals surface area (Å²) in [6, 6.07) is 29.2. The van der Waals surface area contributed by atoms with Crippen molar-refractivity contribution in [1.82, 2.24) is 0 Å². The summed E-state index contributed by atoms with van der Waals surface area (Å²) in [5.41, 5.74) is 5.59. The maximum atomic E-state index is 2.51. The predicted octanol–water partition coefficient (Wildman–Crippen LogP) is 7.97. The summed E-state index contributed by atoms with van der Waals surface area (Å²) in [5.74, 6) is 0.733. The molecule has 164 valence electrons. The molecule has 6 rings (SSSR count). The molecule has 33 heavy (non-hydrogen) atoms. The topological polar surface area (TPSA) is 3.01 Å². The van der Waals surface area contributed by atoms with Gasteiger partial charge >= 0.3 is 0 Å². The van der Waals surface area contributed by atoms with Crippen molar-refractivity contribution in [3.05, 3.63) is 102 Å². The number of rotatable bonds is 4. The smallest absolute Gasteiger partial charge is 0.197 e. The summed E-state index contributed by atoms with van der Waals surface area (Å²) in [4.78, 5) is 0. The van der Waals surface area contributed by atoms with Gasteiger partial charge in [-0.3, -0.25) is 0 Å². The molecule has 0 amide bonds. The van der Waals surface area contributed by atoms with E-state index in [1.54, 1.807) is 0 Å². The van der Waals surface area contributed by atoms with E-state index >= 15 is 0 Å². The van der Waals surface area contributed by atoms with Gasteiger partial charge in [0.15, 0.2) is 5.71 Å². The van der Waals surface area contributed by atoms with Gasteiger partial charge in [-0.25, -0.2) is 0 Å². The molecule has 1 fully saturated rings. The van der Waals surface area contributed by atoms with Crippen LogP contribution in [0.4, 0.5) is 5.69 Å². The molecule has 0 bridgehead atoms. The van der Waals surface area contributed by atoms with Gasteiger partial charge in [0.25, 0.3) is 0 Å². The zero-order chi connectivity index (χ0) is 22.4. The maximum absolute atomic E-state index is 2.51.